The number of hydrogen-bond acceptors (Lipinski definition) is 4. The normalized spacial score (nSPS) is 10.4. The lowest BCUT2D eigenvalue weighted by Gasteiger charge is -1.95. The monoisotopic (exact) mass is 224 g/mol. The Morgan fingerprint density at radius 2 is 2.43 bits per heavy atom. The van der Waals surface area contributed by atoms with Crippen molar-refractivity contribution in [2.24, 2.45) is 0 Å². The highest BCUT2D eigenvalue weighted by atomic mass is 32.2. The van der Waals surface area contributed by atoms with Crippen LogP contribution in [-0.4, -0.2) is 17.6 Å². The average molecular weight is 224 g/mol. The van der Waals surface area contributed by atoms with Crippen LogP contribution in [0.2, 0.25) is 0 Å². The summed E-state index contributed by atoms with van der Waals surface area (Å²) in [6, 6.07) is 5.69. The van der Waals surface area contributed by atoms with E-state index in [1.54, 1.807) is 23.1 Å². The molecule has 0 radical (unpaired) electrons. The zero-order valence-corrected chi connectivity index (χ0v) is 9.11. The van der Waals surface area contributed by atoms with Crippen LogP contribution >= 0.6 is 23.1 Å². The number of thioether (sulfide) groups is 1. The van der Waals surface area contributed by atoms with Gasteiger partial charge in [-0.25, -0.2) is 4.98 Å². The average Bonchev–Trinajstić information content (AvgIpc) is 2.60. The first-order valence-corrected chi connectivity index (χ1v) is 6.02. The number of aromatic nitrogens is 1. The van der Waals surface area contributed by atoms with E-state index in [2.05, 4.69) is 10.3 Å². The molecule has 1 aromatic carbocycles. The highest BCUT2D eigenvalue weighted by molar-refractivity contribution is 8.00. The lowest BCUT2D eigenvalue weighted by molar-refractivity contribution is -0.105. The first kappa shape index (κ1) is 9.48. The molecule has 0 atom stereocenters. The van der Waals surface area contributed by atoms with Crippen LogP contribution in [0.25, 0.3) is 10.2 Å². The van der Waals surface area contributed by atoms with Gasteiger partial charge in [0.05, 0.1) is 10.2 Å². The van der Waals surface area contributed by atoms with Crippen LogP contribution in [0.15, 0.2) is 22.5 Å². The lowest BCUT2D eigenvalue weighted by Crippen LogP contribution is -1.92. The summed E-state index contributed by atoms with van der Waals surface area (Å²) in [5.74, 6) is 0. The van der Waals surface area contributed by atoms with E-state index in [-0.39, 0.29) is 0 Å². The lowest BCUT2D eigenvalue weighted by atomic mass is 10.3. The summed E-state index contributed by atoms with van der Waals surface area (Å²) in [7, 11) is 0. The van der Waals surface area contributed by atoms with Gasteiger partial charge in [0, 0.05) is 5.69 Å². The second-order valence-electron chi connectivity index (χ2n) is 2.63. The number of carbonyl (C=O) groups is 1. The Labute approximate surface area is 89.5 Å². The zero-order valence-electron chi connectivity index (χ0n) is 7.48. The van der Waals surface area contributed by atoms with Crippen LogP contribution in [0.4, 0.5) is 5.69 Å². The zero-order chi connectivity index (χ0) is 9.97. The van der Waals surface area contributed by atoms with Crippen molar-refractivity contribution < 1.29 is 4.79 Å². The minimum Gasteiger partial charge on any atom is -0.329 e. The van der Waals surface area contributed by atoms with E-state index < -0.39 is 0 Å². The Kier molecular flexibility index (Phi) is 2.69. The van der Waals surface area contributed by atoms with Crippen molar-refractivity contribution in [3.05, 3.63) is 18.2 Å². The minimum atomic E-state index is 0.678. The Hall–Kier alpha value is -1.07. The largest absolute Gasteiger partial charge is 0.329 e. The number of amides is 1. The minimum absolute atomic E-state index is 0.678. The quantitative estimate of drug-likeness (QED) is 0.643. The number of nitrogens with one attached hydrogen (secondary N) is 1. The van der Waals surface area contributed by atoms with E-state index in [1.807, 2.05) is 24.5 Å². The molecule has 0 unspecified atom stereocenters. The summed E-state index contributed by atoms with van der Waals surface area (Å²) in [4.78, 5) is 14.6. The molecular formula is C9H8N2OS2. The summed E-state index contributed by atoms with van der Waals surface area (Å²) in [6.45, 7) is 0. The summed E-state index contributed by atoms with van der Waals surface area (Å²) >= 11 is 3.26. The van der Waals surface area contributed by atoms with Gasteiger partial charge >= 0.3 is 0 Å². The maximum absolute atomic E-state index is 10.2. The predicted octanol–water partition coefficient (Wildman–Crippen LogP) is 2.59. The Morgan fingerprint density at radius 3 is 3.14 bits per heavy atom. The summed E-state index contributed by atoms with van der Waals surface area (Å²) in [6.07, 6.45) is 2.68. The molecule has 2 aromatic rings. The van der Waals surface area contributed by atoms with Crippen molar-refractivity contribution >= 4 is 45.4 Å². The van der Waals surface area contributed by atoms with Crippen LogP contribution in [0.1, 0.15) is 0 Å². The fourth-order valence-electron chi connectivity index (χ4n) is 1.15. The van der Waals surface area contributed by atoms with Gasteiger partial charge in [-0.2, -0.15) is 0 Å². The molecule has 14 heavy (non-hydrogen) atoms. The van der Waals surface area contributed by atoms with Crippen LogP contribution < -0.4 is 5.32 Å². The molecule has 5 heteroatoms. The fourth-order valence-corrected chi connectivity index (χ4v) is 2.68. The van der Waals surface area contributed by atoms with Gasteiger partial charge in [-0.15, -0.1) is 11.3 Å². The molecule has 0 fully saturated rings. The number of nitrogens with zero attached hydrogens (tertiary/aromatic N) is 1. The van der Waals surface area contributed by atoms with Gasteiger partial charge < -0.3 is 5.32 Å². The van der Waals surface area contributed by atoms with Crippen molar-refractivity contribution in [1.29, 1.82) is 0 Å². The first-order valence-electron chi connectivity index (χ1n) is 3.98. The highest BCUT2D eigenvalue weighted by Crippen LogP contribution is 2.29. The molecule has 0 aliphatic rings. The molecule has 0 aliphatic heterocycles. The number of rotatable bonds is 3. The van der Waals surface area contributed by atoms with E-state index in [4.69, 9.17) is 0 Å². The van der Waals surface area contributed by atoms with E-state index in [1.165, 1.54) is 0 Å². The Balaban J connectivity index is 2.48. The summed E-state index contributed by atoms with van der Waals surface area (Å²) in [5, 5.41) is 2.62. The van der Waals surface area contributed by atoms with E-state index in [0.29, 0.717) is 6.41 Å². The van der Waals surface area contributed by atoms with Gasteiger partial charge in [0.2, 0.25) is 6.41 Å². The second-order valence-corrected chi connectivity index (χ2v) is 4.71. The molecular weight excluding hydrogens is 216 g/mol. The molecule has 72 valence electrons. The predicted molar refractivity (Wildman–Crippen MR) is 61.1 cm³/mol. The molecule has 1 heterocycles. The van der Waals surface area contributed by atoms with Crippen LogP contribution in [0, 0.1) is 0 Å². The van der Waals surface area contributed by atoms with Gasteiger partial charge in [-0.3, -0.25) is 4.79 Å². The van der Waals surface area contributed by atoms with Crippen molar-refractivity contribution in [3.8, 4) is 0 Å². The molecule has 3 nitrogen and oxygen atoms in total. The SMILES string of the molecule is CSc1nc2ccc(NC=O)cc2s1. The van der Waals surface area contributed by atoms with Crippen LogP contribution in [0.5, 0.6) is 0 Å². The maximum atomic E-state index is 10.2. The number of anilines is 1. The smallest absolute Gasteiger partial charge is 0.211 e. The topological polar surface area (TPSA) is 42.0 Å². The van der Waals surface area contributed by atoms with Gasteiger partial charge in [0.25, 0.3) is 0 Å². The molecule has 0 spiro atoms. The number of carbonyl (C=O) groups excluding carboxylic acids is 1. The molecule has 0 aliphatic carbocycles. The van der Waals surface area contributed by atoms with Crippen molar-refractivity contribution in [2.75, 3.05) is 11.6 Å². The van der Waals surface area contributed by atoms with E-state index in [9.17, 15) is 4.79 Å². The summed E-state index contributed by atoms with van der Waals surface area (Å²) < 4.78 is 2.14. The van der Waals surface area contributed by atoms with E-state index in [0.717, 1.165) is 20.2 Å². The van der Waals surface area contributed by atoms with Crippen molar-refractivity contribution in [2.45, 2.75) is 4.34 Å². The third-order valence-corrected chi connectivity index (χ3v) is 3.77. The molecule has 1 aromatic heterocycles. The molecule has 1 amide bonds. The Bertz CT molecular complexity index is 467. The third-order valence-electron chi connectivity index (χ3n) is 1.77. The molecule has 0 saturated heterocycles. The van der Waals surface area contributed by atoms with Crippen molar-refractivity contribution in [1.82, 2.24) is 4.98 Å². The van der Waals surface area contributed by atoms with Crippen LogP contribution in [-0.2, 0) is 4.79 Å². The van der Waals surface area contributed by atoms with Gasteiger partial charge in [0.1, 0.15) is 0 Å². The molecule has 1 N–H and O–H groups in total. The summed E-state index contributed by atoms with van der Waals surface area (Å²) in [5.41, 5.74) is 1.79. The van der Waals surface area contributed by atoms with Crippen LogP contribution in [0.3, 0.4) is 0 Å². The van der Waals surface area contributed by atoms with Gasteiger partial charge in [-0.05, 0) is 24.5 Å². The number of fused-ring (bicyclic) bond motifs is 1. The number of thiazole rings is 1. The Morgan fingerprint density at radius 1 is 1.57 bits per heavy atom. The third kappa shape index (κ3) is 1.73. The highest BCUT2D eigenvalue weighted by Gasteiger charge is 2.02. The number of benzene rings is 1. The fraction of sp³-hybridized carbons (Fsp3) is 0.111. The van der Waals surface area contributed by atoms with E-state index >= 15 is 0 Å². The first-order chi connectivity index (χ1) is 6.83. The second kappa shape index (κ2) is 3.98. The molecule has 0 saturated carbocycles. The standard InChI is InChI=1S/C9H8N2OS2/c1-13-9-11-7-3-2-6(10-5-12)4-8(7)14-9/h2-5H,1H3,(H,10,12). The van der Waals surface area contributed by atoms with Gasteiger partial charge in [0.15, 0.2) is 4.34 Å². The van der Waals surface area contributed by atoms with Gasteiger partial charge in [-0.1, -0.05) is 11.8 Å². The molecule has 2 rings (SSSR count). The van der Waals surface area contributed by atoms with Crippen molar-refractivity contribution in [3.63, 3.8) is 0 Å². The molecule has 0 bridgehead atoms. The number of hydrogen-bond donors (Lipinski definition) is 1. The maximum Gasteiger partial charge on any atom is 0.211 e.